The zero-order chi connectivity index (χ0) is 23.1. The lowest BCUT2D eigenvalue weighted by Crippen LogP contribution is -2.29. The summed E-state index contributed by atoms with van der Waals surface area (Å²) in [6, 6.07) is 14.2. The van der Waals surface area contributed by atoms with E-state index in [0.29, 0.717) is 23.7 Å². The second-order valence-electron chi connectivity index (χ2n) is 6.71. The van der Waals surface area contributed by atoms with Crippen LogP contribution in [0.1, 0.15) is 32.2 Å². The van der Waals surface area contributed by atoms with Crippen molar-refractivity contribution in [3.63, 3.8) is 0 Å². The first-order valence-corrected chi connectivity index (χ1v) is 9.48. The smallest absolute Gasteiger partial charge is 0.322 e. The van der Waals surface area contributed by atoms with E-state index in [0.717, 1.165) is 11.6 Å². The van der Waals surface area contributed by atoms with Crippen LogP contribution < -0.4 is 20.9 Å². The molecule has 32 heavy (non-hydrogen) atoms. The number of aromatic amines is 1. The number of methoxy groups -OCH3 is 1. The number of H-pyrrole nitrogens is 1. The van der Waals surface area contributed by atoms with Crippen molar-refractivity contribution < 1.29 is 24.2 Å². The largest absolute Gasteiger partial charge is 0.497 e. The molecule has 1 aromatic heterocycles. The first kappa shape index (κ1) is 22.2. The maximum absolute atomic E-state index is 12.6. The molecule has 0 aliphatic rings. The van der Waals surface area contributed by atoms with Gasteiger partial charge in [-0.15, -0.1) is 0 Å². The van der Waals surface area contributed by atoms with Crippen molar-refractivity contribution in [2.75, 3.05) is 19.0 Å². The number of carbonyl (C=O) groups excluding carboxylic acids is 2. The van der Waals surface area contributed by atoms with Crippen LogP contribution in [0.25, 0.3) is 0 Å². The minimum atomic E-state index is -1.15. The van der Waals surface area contributed by atoms with Crippen molar-refractivity contribution in [2.24, 2.45) is 0 Å². The Morgan fingerprint density at radius 1 is 1.03 bits per heavy atom. The average molecular weight is 436 g/mol. The van der Waals surface area contributed by atoms with Crippen LogP contribution in [0.15, 0.2) is 59.4 Å². The van der Waals surface area contributed by atoms with Gasteiger partial charge in [0.1, 0.15) is 23.8 Å². The number of nitrogens with one attached hydrogen (secondary N) is 3. The first-order valence-electron chi connectivity index (χ1n) is 9.48. The third kappa shape index (κ3) is 6.02. The second-order valence-corrected chi connectivity index (χ2v) is 6.71. The summed E-state index contributed by atoms with van der Waals surface area (Å²) >= 11 is 0. The van der Waals surface area contributed by atoms with Crippen LogP contribution in [-0.4, -0.2) is 46.5 Å². The molecule has 10 nitrogen and oxygen atoms in total. The number of aromatic nitrogens is 2. The average Bonchev–Trinajstić information content (AvgIpc) is 2.78. The van der Waals surface area contributed by atoms with Crippen molar-refractivity contribution in [3.05, 3.63) is 87.6 Å². The Morgan fingerprint density at radius 2 is 1.72 bits per heavy atom. The first-order chi connectivity index (χ1) is 15.3. The fraction of sp³-hybridized carbons (Fsp3) is 0.136. The number of nitrogens with zero attached hydrogens (tertiary/aromatic N) is 1. The number of carboxylic acids is 1. The van der Waals surface area contributed by atoms with E-state index in [4.69, 9.17) is 9.84 Å². The summed E-state index contributed by atoms with van der Waals surface area (Å²) in [6.07, 6.45) is 0.320. The molecule has 0 aliphatic carbocycles. The quantitative estimate of drug-likeness (QED) is 0.417. The summed E-state index contributed by atoms with van der Waals surface area (Å²) in [5.74, 6) is -1.26. The number of aliphatic carboxylic acids is 1. The Labute approximate surface area is 182 Å². The number of amides is 2. The number of hydrogen-bond donors (Lipinski definition) is 4. The molecular weight excluding hydrogens is 416 g/mol. The standard InChI is InChI=1S/C22H20N4O6/c1-32-16-8-2-13(3-9-16)10-18-25-17(11-19(27)26-18)22(31)24-15-6-4-14(5-7-15)21(30)23-12-20(28)29/h2-9,11H,10,12H2,1H3,(H,23,30)(H,24,31)(H,28,29)(H,25,26,27). The molecule has 2 amide bonds. The molecule has 0 saturated heterocycles. The molecule has 10 heteroatoms. The fourth-order valence-electron chi connectivity index (χ4n) is 2.80. The van der Waals surface area contributed by atoms with Crippen molar-refractivity contribution in [3.8, 4) is 5.75 Å². The van der Waals surface area contributed by atoms with Gasteiger partial charge in [0.05, 0.1) is 7.11 Å². The van der Waals surface area contributed by atoms with Gasteiger partial charge in [-0.3, -0.25) is 19.2 Å². The zero-order valence-corrected chi connectivity index (χ0v) is 17.0. The van der Waals surface area contributed by atoms with Crippen LogP contribution in [-0.2, 0) is 11.2 Å². The number of carbonyl (C=O) groups is 3. The summed E-state index contributed by atoms with van der Waals surface area (Å²) < 4.78 is 5.12. The van der Waals surface area contributed by atoms with Gasteiger partial charge in [-0.2, -0.15) is 0 Å². The number of benzene rings is 2. The van der Waals surface area contributed by atoms with Crippen molar-refractivity contribution in [2.45, 2.75) is 6.42 Å². The normalized spacial score (nSPS) is 10.3. The number of anilines is 1. The third-order valence-corrected chi connectivity index (χ3v) is 4.36. The number of ether oxygens (including phenoxy) is 1. The molecule has 3 rings (SSSR count). The summed E-state index contributed by atoms with van der Waals surface area (Å²) in [7, 11) is 1.57. The molecular formula is C22H20N4O6. The Bertz CT molecular complexity index is 1190. The van der Waals surface area contributed by atoms with Crippen molar-refractivity contribution >= 4 is 23.5 Å². The van der Waals surface area contributed by atoms with E-state index in [1.807, 2.05) is 12.1 Å². The van der Waals surface area contributed by atoms with Gasteiger partial charge in [0, 0.05) is 23.7 Å². The Hall–Kier alpha value is -4.47. The second kappa shape index (κ2) is 10.0. The molecule has 2 aromatic carbocycles. The number of carboxylic acid groups (broad SMARTS) is 1. The van der Waals surface area contributed by atoms with Gasteiger partial charge in [0.15, 0.2) is 0 Å². The minimum absolute atomic E-state index is 0.0551. The van der Waals surface area contributed by atoms with E-state index in [-0.39, 0.29) is 11.3 Å². The molecule has 4 N–H and O–H groups in total. The molecule has 0 atom stereocenters. The Kier molecular flexibility index (Phi) is 6.96. The van der Waals surface area contributed by atoms with Crippen LogP contribution in [0.2, 0.25) is 0 Å². The lowest BCUT2D eigenvalue weighted by Gasteiger charge is -2.08. The highest BCUT2D eigenvalue weighted by molar-refractivity contribution is 6.03. The van der Waals surface area contributed by atoms with Gasteiger partial charge >= 0.3 is 5.97 Å². The summed E-state index contributed by atoms with van der Waals surface area (Å²) in [4.78, 5) is 53.8. The topological polar surface area (TPSA) is 150 Å². The molecule has 3 aromatic rings. The highest BCUT2D eigenvalue weighted by Crippen LogP contribution is 2.14. The maximum atomic E-state index is 12.6. The molecule has 0 unspecified atom stereocenters. The van der Waals surface area contributed by atoms with E-state index in [9.17, 15) is 19.2 Å². The monoisotopic (exact) mass is 436 g/mol. The van der Waals surface area contributed by atoms with Crippen LogP contribution in [0.5, 0.6) is 5.75 Å². The van der Waals surface area contributed by atoms with E-state index >= 15 is 0 Å². The van der Waals surface area contributed by atoms with E-state index in [2.05, 4.69) is 20.6 Å². The van der Waals surface area contributed by atoms with Gasteiger partial charge in [-0.05, 0) is 42.0 Å². The van der Waals surface area contributed by atoms with Crippen molar-refractivity contribution in [1.29, 1.82) is 0 Å². The lowest BCUT2D eigenvalue weighted by atomic mass is 10.1. The van der Waals surface area contributed by atoms with Crippen LogP contribution in [0.4, 0.5) is 5.69 Å². The zero-order valence-electron chi connectivity index (χ0n) is 17.0. The van der Waals surface area contributed by atoms with Crippen LogP contribution >= 0.6 is 0 Å². The molecule has 0 radical (unpaired) electrons. The molecule has 0 bridgehead atoms. The number of rotatable bonds is 8. The van der Waals surface area contributed by atoms with Gasteiger partial charge < -0.3 is 25.5 Å². The van der Waals surface area contributed by atoms with Crippen LogP contribution in [0, 0.1) is 0 Å². The molecule has 164 valence electrons. The van der Waals surface area contributed by atoms with E-state index in [1.165, 1.54) is 24.3 Å². The van der Waals surface area contributed by atoms with Gasteiger partial charge in [-0.25, -0.2) is 4.98 Å². The van der Waals surface area contributed by atoms with Gasteiger partial charge in [-0.1, -0.05) is 12.1 Å². The third-order valence-electron chi connectivity index (χ3n) is 4.36. The minimum Gasteiger partial charge on any atom is -0.497 e. The Balaban J connectivity index is 1.68. The lowest BCUT2D eigenvalue weighted by molar-refractivity contribution is -0.135. The highest BCUT2D eigenvalue weighted by Gasteiger charge is 2.12. The van der Waals surface area contributed by atoms with E-state index < -0.39 is 29.9 Å². The molecule has 0 saturated carbocycles. The molecule has 0 spiro atoms. The molecule has 0 aliphatic heterocycles. The van der Waals surface area contributed by atoms with Gasteiger partial charge in [0.25, 0.3) is 17.4 Å². The fourth-order valence-corrected chi connectivity index (χ4v) is 2.80. The van der Waals surface area contributed by atoms with Gasteiger partial charge in [0.2, 0.25) is 0 Å². The highest BCUT2D eigenvalue weighted by atomic mass is 16.5. The van der Waals surface area contributed by atoms with E-state index in [1.54, 1.807) is 19.2 Å². The predicted octanol–water partition coefficient (Wildman–Crippen LogP) is 1.44. The van der Waals surface area contributed by atoms with Crippen molar-refractivity contribution in [1.82, 2.24) is 15.3 Å². The molecule has 1 heterocycles. The predicted molar refractivity (Wildman–Crippen MR) is 115 cm³/mol. The summed E-state index contributed by atoms with van der Waals surface area (Å²) in [6.45, 7) is -0.496. The SMILES string of the molecule is COc1ccc(Cc2nc(C(=O)Nc3ccc(C(=O)NCC(=O)O)cc3)cc(=O)[nH]2)cc1. The number of hydrogen-bond acceptors (Lipinski definition) is 6. The molecule has 0 fully saturated rings. The Morgan fingerprint density at radius 3 is 2.34 bits per heavy atom. The summed E-state index contributed by atoms with van der Waals surface area (Å²) in [5, 5.41) is 13.5. The van der Waals surface area contributed by atoms with Crippen LogP contribution in [0.3, 0.4) is 0 Å². The summed E-state index contributed by atoms with van der Waals surface area (Å²) in [5.41, 5.74) is 0.979. The maximum Gasteiger partial charge on any atom is 0.322 e.